The Morgan fingerprint density at radius 3 is 2.57 bits per heavy atom. The van der Waals surface area contributed by atoms with Crippen LogP contribution < -0.4 is 5.32 Å². The molecule has 122 valence electrons. The third kappa shape index (κ3) is 5.51. The smallest absolute Gasteiger partial charge is 0.312 e. The molecule has 0 fully saturated rings. The van der Waals surface area contributed by atoms with Crippen LogP contribution in [-0.4, -0.2) is 39.0 Å². The first-order valence-electron chi connectivity index (χ1n) is 6.10. The Morgan fingerprint density at radius 1 is 1.43 bits per heavy atom. The van der Waals surface area contributed by atoms with E-state index < -0.39 is 22.7 Å². The van der Waals surface area contributed by atoms with Crippen molar-refractivity contribution in [3.05, 3.63) is 14.7 Å². The fourth-order valence-electron chi connectivity index (χ4n) is 1.55. The number of thiophene rings is 1. The summed E-state index contributed by atoms with van der Waals surface area (Å²) in [5.74, 6) is 0. The van der Waals surface area contributed by atoms with Crippen LogP contribution in [0.4, 0.5) is 13.2 Å². The summed E-state index contributed by atoms with van der Waals surface area (Å²) in [6.07, 6.45) is -3.64. The van der Waals surface area contributed by atoms with Gasteiger partial charge in [-0.1, -0.05) is 6.92 Å². The molecular formula is C11H16BrF3N2O2S2. The van der Waals surface area contributed by atoms with Crippen LogP contribution in [0, 0.1) is 0 Å². The van der Waals surface area contributed by atoms with Crippen molar-refractivity contribution >= 4 is 37.3 Å². The van der Waals surface area contributed by atoms with Gasteiger partial charge in [0.15, 0.2) is 0 Å². The molecule has 0 saturated carbocycles. The zero-order chi connectivity index (χ0) is 16.3. The van der Waals surface area contributed by atoms with Crippen molar-refractivity contribution in [1.82, 2.24) is 9.62 Å². The monoisotopic (exact) mass is 408 g/mol. The molecule has 1 aromatic rings. The second-order valence-electron chi connectivity index (χ2n) is 4.40. The maximum atomic E-state index is 12.3. The van der Waals surface area contributed by atoms with Crippen LogP contribution in [0.5, 0.6) is 0 Å². The summed E-state index contributed by atoms with van der Waals surface area (Å²) < 4.78 is 61.9. The van der Waals surface area contributed by atoms with Crippen LogP contribution in [0.25, 0.3) is 0 Å². The van der Waals surface area contributed by atoms with Gasteiger partial charge in [-0.25, -0.2) is 8.42 Å². The lowest BCUT2D eigenvalue weighted by molar-refractivity contribution is -0.134. The zero-order valence-electron chi connectivity index (χ0n) is 11.5. The molecule has 0 atom stereocenters. The molecule has 1 N–H and O–H groups in total. The molecule has 10 heteroatoms. The molecule has 0 aliphatic carbocycles. The number of alkyl halides is 3. The number of nitrogens with zero attached hydrogens (tertiary/aromatic N) is 1. The highest BCUT2D eigenvalue weighted by Crippen LogP contribution is 2.34. The van der Waals surface area contributed by atoms with Crippen LogP contribution in [0.15, 0.2) is 14.7 Å². The summed E-state index contributed by atoms with van der Waals surface area (Å²) in [7, 11) is -3.24. The van der Waals surface area contributed by atoms with Crippen molar-refractivity contribution in [3.8, 4) is 0 Å². The summed E-state index contributed by atoms with van der Waals surface area (Å²) >= 11 is 4.31. The molecule has 21 heavy (non-hydrogen) atoms. The Balaban J connectivity index is 2.93. The summed E-state index contributed by atoms with van der Waals surface area (Å²) in [4.78, 5) is 0.613. The summed E-state index contributed by atoms with van der Waals surface area (Å²) in [6.45, 7) is 1.75. The highest BCUT2D eigenvalue weighted by Gasteiger charge is 2.36. The van der Waals surface area contributed by atoms with E-state index in [0.29, 0.717) is 14.6 Å². The van der Waals surface area contributed by atoms with E-state index in [2.05, 4.69) is 21.2 Å². The maximum Gasteiger partial charge on any atom is 0.402 e. The minimum Gasteiger partial charge on any atom is -0.312 e. The maximum absolute atomic E-state index is 12.3. The first kappa shape index (κ1) is 18.9. The van der Waals surface area contributed by atoms with Gasteiger partial charge < -0.3 is 5.32 Å². The Kier molecular flexibility index (Phi) is 6.66. The van der Waals surface area contributed by atoms with Crippen LogP contribution in [0.3, 0.4) is 0 Å². The first-order valence-corrected chi connectivity index (χ1v) is 9.15. The van der Waals surface area contributed by atoms with E-state index in [0.717, 1.165) is 24.9 Å². The fraction of sp³-hybridized carbons (Fsp3) is 0.636. The summed E-state index contributed by atoms with van der Waals surface area (Å²) in [5.41, 5.74) is 0. The van der Waals surface area contributed by atoms with Gasteiger partial charge in [0, 0.05) is 18.5 Å². The molecule has 0 saturated heterocycles. The number of hydrogen-bond acceptors (Lipinski definition) is 4. The van der Waals surface area contributed by atoms with E-state index in [-0.39, 0.29) is 4.90 Å². The molecule has 0 aromatic carbocycles. The molecule has 0 bridgehead atoms. The average molecular weight is 409 g/mol. The van der Waals surface area contributed by atoms with Gasteiger partial charge in [-0.3, -0.25) is 0 Å². The molecule has 0 radical (unpaired) electrons. The summed E-state index contributed by atoms with van der Waals surface area (Å²) in [6, 6.07) is 1.40. The standard InChI is InChI=1S/C11H16BrF3N2O2S2/c1-3-4-16-6-8-5-9(10(12)20-8)21(18,19)17(2)7-11(13,14)15/h5,16H,3-4,6-7H2,1-2H3. The number of rotatable bonds is 7. The van der Waals surface area contributed by atoms with Gasteiger partial charge in [0.25, 0.3) is 0 Å². The topological polar surface area (TPSA) is 49.4 Å². The molecule has 0 aliphatic rings. The van der Waals surface area contributed by atoms with Crippen molar-refractivity contribution in [2.45, 2.75) is 31.0 Å². The largest absolute Gasteiger partial charge is 0.402 e. The predicted molar refractivity (Wildman–Crippen MR) is 79.9 cm³/mol. The third-order valence-electron chi connectivity index (χ3n) is 2.52. The lowest BCUT2D eigenvalue weighted by atomic mass is 10.4. The highest BCUT2D eigenvalue weighted by molar-refractivity contribution is 9.11. The predicted octanol–water partition coefficient (Wildman–Crippen LogP) is 3.19. The SMILES string of the molecule is CCCNCc1cc(S(=O)(=O)N(C)CC(F)(F)F)c(Br)s1. The van der Waals surface area contributed by atoms with Gasteiger partial charge >= 0.3 is 6.18 Å². The lowest BCUT2D eigenvalue weighted by Crippen LogP contribution is -2.35. The fourth-order valence-corrected chi connectivity index (χ4v) is 5.31. The molecule has 0 unspecified atom stereocenters. The van der Waals surface area contributed by atoms with Gasteiger partial charge in [-0.2, -0.15) is 17.5 Å². The molecule has 0 aliphatic heterocycles. The van der Waals surface area contributed by atoms with E-state index in [4.69, 9.17) is 0 Å². The number of nitrogens with one attached hydrogen (secondary N) is 1. The Bertz CT molecular complexity index is 573. The van der Waals surface area contributed by atoms with Crippen molar-refractivity contribution in [2.75, 3.05) is 20.1 Å². The minimum atomic E-state index is -4.57. The van der Waals surface area contributed by atoms with Crippen LogP contribution in [-0.2, 0) is 16.6 Å². The van der Waals surface area contributed by atoms with Crippen molar-refractivity contribution < 1.29 is 21.6 Å². The zero-order valence-corrected chi connectivity index (χ0v) is 14.7. The molecule has 1 aromatic heterocycles. The van der Waals surface area contributed by atoms with E-state index in [1.54, 1.807) is 0 Å². The van der Waals surface area contributed by atoms with Crippen molar-refractivity contribution in [2.24, 2.45) is 0 Å². The second kappa shape index (κ2) is 7.40. The first-order chi connectivity index (χ1) is 9.58. The molecule has 1 heterocycles. The Morgan fingerprint density at radius 2 is 2.05 bits per heavy atom. The molecular weight excluding hydrogens is 393 g/mol. The molecule has 4 nitrogen and oxygen atoms in total. The number of halogens is 4. The van der Waals surface area contributed by atoms with Gasteiger partial charge in [0.1, 0.15) is 11.4 Å². The van der Waals surface area contributed by atoms with E-state index in [1.165, 1.54) is 17.4 Å². The molecule has 1 rings (SSSR count). The highest BCUT2D eigenvalue weighted by atomic mass is 79.9. The lowest BCUT2D eigenvalue weighted by Gasteiger charge is -2.18. The molecule has 0 amide bonds. The quantitative estimate of drug-likeness (QED) is 0.704. The van der Waals surface area contributed by atoms with Gasteiger partial charge in [0.05, 0.1) is 3.79 Å². The number of hydrogen-bond donors (Lipinski definition) is 1. The van der Waals surface area contributed by atoms with E-state index in [1.807, 2.05) is 6.92 Å². The van der Waals surface area contributed by atoms with Gasteiger partial charge in [-0.15, -0.1) is 11.3 Å². The van der Waals surface area contributed by atoms with Gasteiger partial charge in [-0.05, 0) is 35.0 Å². The molecule has 0 spiro atoms. The van der Waals surface area contributed by atoms with Crippen molar-refractivity contribution in [3.63, 3.8) is 0 Å². The summed E-state index contributed by atoms with van der Waals surface area (Å²) in [5, 5.41) is 3.11. The Hall–Kier alpha value is -0.160. The Labute approximate surface area is 134 Å². The van der Waals surface area contributed by atoms with E-state index in [9.17, 15) is 21.6 Å². The van der Waals surface area contributed by atoms with E-state index >= 15 is 0 Å². The second-order valence-corrected chi connectivity index (χ2v) is 8.87. The van der Waals surface area contributed by atoms with Crippen molar-refractivity contribution in [1.29, 1.82) is 0 Å². The van der Waals surface area contributed by atoms with Gasteiger partial charge in [0.2, 0.25) is 10.0 Å². The van der Waals surface area contributed by atoms with Crippen LogP contribution in [0.1, 0.15) is 18.2 Å². The van der Waals surface area contributed by atoms with Crippen LogP contribution >= 0.6 is 27.3 Å². The average Bonchev–Trinajstić information content (AvgIpc) is 2.69. The third-order valence-corrected chi connectivity index (χ3v) is 6.58. The minimum absolute atomic E-state index is 0.132. The van der Waals surface area contributed by atoms with Crippen LogP contribution in [0.2, 0.25) is 0 Å². The number of sulfonamides is 1. The normalized spacial score (nSPS) is 13.1.